The normalized spacial score (nSPS) is 11.3. The molecule has 0 N–H and O–H groups in total. The number of benzene rings is 10. The molecule has 11 aromatic rings. The SMILES string of the molecule is c1ccc(-c2ccc(N(c3ccc(-c4ccccc4)cc3)c3ccc(-c4ccccc4-n4c5ccccc5c5ccccc54)cc3-c3ccc4ccccc4c3)cc2)cc1. The van der Waals surface area contributed by atoms with Gasteiger partial charge in [0.15, 0.2) is 0 Å². The van der Waals surface area contributed by atoms with Crippen LogP contribution in [0.4, 0.5) is 17.1 Å². The van der Waals surface area contributed by atoms with Crippen LogP contribution in [0.2, 0.25) is 0 Å². The van der Waals surface area contributed by atoms with Crippen LogP contribution in [0.5, 0.6) is 0 Å². The predicted molar refractivity (Wildman–Crippen MR) is 255 cm³/mol. The van der Waals surface area contributed by atoms with Gasteiger partial charge >= 0.3 is 0 Å². The zero-order valence-electron chi connectivity index (χ0n) is 33.0. The molecular formula is C58H40N2. The lowest BCUT2D eigenvalue weighted by atomic mass is 9.94. The summed E-state index contributed by atoms with van der Waals surface area (Å²) in [6, 6.07) is 88.0. The monoisotopic (exact) mass is 764 g/mol. The van der Waals surface area contributed by atoms with E-state index in [0.717, 1.165) is 39.4 Å². The van der Waals surface area contributed by atoms with E-state index in [4.69, 9.17) is 0 Å². The second-order valence-corrected chi connectivity index (χ2v) is 15.3. The summed E-state index contributed by atoms with van der Waals surface area (Å²) >= 11 is 0. The third-order valence-corrected chi connectivity index (χ3v) is 11.8. The van der Waals surface area contributed by atoms with E-state index in [9.17, 15) is 0 Å². The Morgan fingerprint density at radius 3 is 1.35 bits per heavy atom. The van der Waals surface area contributed by atoms with Gasteiger partial charge in [0.25, 0.3) is 0 Å². The lowest BCUT2D eigenvalue weighted by Gasteiger charge is -2.29. The first-order valence-corrected chi connectivity index (χ1v) is 20.6. The molecule has 0 aliphatic carbocycles. The average molecular weight is 765 g/mol. The first-order chi connectivity index (χ1) is 29.8. The number of fused-ring (bicyclic) bond motifs is 4. The number of aromatic nitrogens is 1. The van der Waals surface area contributed by atoms with Crippen molar-refractivity contribution >= 4 is 49.6 Å². The van der Waals surface area contributed by atoms with Crippen molar-refractivity contribution in [1.29, 1.82) is 0 Å². The Kier molecular flexibility index (Phi) is 8.87. The van der Waals surface area contributed by atoms with Gasteiger partial charge < -0.3 is 9.47 Å². The van der Waals surface area contributed by atoms with Crippen LogP contribution < -0.4 is 4.90 Å². The molecule has 0 saturated carbocycles. The maximum absolute atomic E-state index is 2.43. The summed E-state index contributed by atoms with van der Waals surface area (Å²) in [7, 11) is 0. The van der Waals surface area contributed by atoms with Gasteiger partial charge in [-0.2, -0.15) is 0 Å². The fraction of sp³-hybridized carbons (Fsp3) is 0. The van der Waals surface area contributed by atoms with Gasteiger partial charge in [-0.05, 0) is 105 Å². The van der Waals surface area contributed by atoms with Crippen molar-refractivity contribution in [1.82, 2.24) is 4.57 Å². The molecule has 11 rings (SSSR count). The topological polar surface area (TPSA) is 8.17 Å². The Bertz CT molecular complexity index is 3150. The molecule has 0 amide bonds. The summed E-state index contributed by atoms with van der Waals surface area (Å²) in [5, 5.41) is 4.94. The van der Waals surface area contributed by atoms with Crippen molar-refractivity contribution < 1.29 is 0 Å². The zero-order valence-corrected chi connectivity index (χ0v) is 33.0. The van der Waals surface area contributed by atoms with Crippen LogP contribution in [0.3, 0.4) is 0 Å². The number of anilines is 3. The average Bonchev–Trinajstić information content (AvgIpc) is 3.67. The number of para-hydroxylation sites is 3. The predicted octanol–water partition coefficient (Wildman–Crippen LogP) is 16.1. The molecule has 0 fully saturated rings. The van der Waals surface area contributed by atoms with Crippen LogP contribution in [-0.2, 0) is 0 Å². The Hall–Kier alpha value is -7.94. The molecule has 0 aliphatic heterocycles. The largest absolute Gasteiger partial charge is 0.310 e. The molecule has 2 nitrogen and oxygen atoms in total. The molecule has 0 bridgehead atoms. The van der Waals surface area contributed by atoms with Crippen LogP contribution in [0.25, 0.3) is 82.8 Å². The molecular weight excluding hydrogens is 725 g/mol. The number of rotatable bonds is 8. The maximum atomic E-state index is 2.43. The van der Waals surface area contributed by atoms with Crippen molar-refractivity contribution in [3.63, 3.8) is 0 Å². The highest BCUT2D eigenvalue weighted by Gasteiger charge is 2.21. The van der Waals surface area contributed by atoms with Gasteiger partial charge in [0.05, 0.1) is 22.4 Å². The molecule has 0 saturated heterocycles. The van der Waals surface area contributed by atoms with Gasteiger partial charge in [-0.15, -0.1) is 0 Å². The van der Waals surface area contributed by atoms with E-state index in [1.54, 1.807) is 0 Å². The summed E-state index contributed by atoms with van der Waals surface area (Å²) < 4.78 is 2.43. The summed E-state index contributed by atoms with van der Waals surface area (Å²) in [5.74, 6) is 0. The minimum Gasteiger partial charge on any atom is -0.310 e. The number of hydrogen-bond donors (Lipinski definition) is 0. The molecule has 0 unspecified atom stereocenters. The van der Waals surface area contributed by atoms with Crippen molar-refractivity contribution in [2.75, 3.05) is 4.90 Å². The molecule has 2 heteroatoms. The molecule has 60 heavy (non-hydrogen) atoms. The van der Waals surface area contributed by atoms with E-state index >= 15 is 0 Å². The van der Waals surface area contributed by atoms with Crippen LogP contribution in [0, 0.1) is 0 Å². The van der Waals surface area contributed by atoms with Crippen LogP contribution >= 0.6 is 0 Å². The van der Waals surface area contributed by atoms with Gasteiger partial charge in [-0.25, -0.2) is 0 Å². The van der Waals surface area contributed by atoms with E-state index in [2.05, 4.69) is 252 Å². The van der Waals surface area contributed by atoms with Crippen molar-refractivity contribution in [2.24, 2.45) is 0 Å². The summed E-state index contributed by atoms with van der Waals surface area (Å²) in [6.45, 7) is 0. The highest BCUT2D eigenvalue weighted by atomic mass is 15.1. The molecule has 1 aromatic heterocycles. The first kappa shape index (κ1) is 35.2. The molecule has 282 valence electrons. The van der Waals surface area contributed by atoms with Gasteiger partial charge in [-0.1, -0.05) is 182 Å². The van der Waals surface area contributed by atoms with E-state index in [0.29, 0.717) is 0 Å². The molecule has 0 radical (unpaired) electrons. The lowest BCUT2D eigenvalue weighted by Crippen LogP contribution is -2.11. The smallest absolute Gasteiger partial charge is 0.0541 e. The number of nitrogens with zero attached hydrogens (tertiary/aromatic N) is 2. The zero-order chi connectivity index (χ0) is 39.8. The Morgan fingerprint density at radius 1 is 0.283 bits per heavy atom. The quantitative estimate of drug-likeness (QED) is 0.150. The van der Waals surface area contributed by atoms with Gasteiger partial charge in [0, 0.05) is 33.3 Å². The van der Waals surface area contributed by atoms with Crippen LogP contribution in [0.1, 0.15) is 0 Å². The minimum atomic E-state index is 1.09. The minimum absolute atomic E-state index is 1.09. The third-order valence-electron chi connectivity index (χ3n) is 11.8. The van der Waals surface area contributed by atoms with Crippen LogP contribution in [0.15, 0.2) is 243 Å². The molecule has 0 atom stereocenters. The van der Waals surface area contributed by atoms with E-state index < -0.39 is 0 Å². The van der Waals surface area contributed by atoms with Crippen molar-refractivity contribution in [2.45, 2.75) is 0 Å². The standard InChI is InChI=1S/C58H40N2/c1-3-15-41(16-4-1)44-29-34-49(35-30-44)59(50-36-31-45(32-37-50)42-17-5-2-6-18-42)58-38-33-48(40-54(58)47-28-27-43-19-7-8-20-46(43)39-47)51-21-9-12-24-55(51)60-56-25-13-10-22-52(56)53-23-11-14-26-57(53)60/h1-40H. The fourth-order valence-electron chi connectivity index (χ4n) is 8.88. The Labute approximate surface area is 350 Å². The summed E-state index contributed by atoms with van der Waals surface area (Å²) in [6.07, 6.45) is 0. The maximum Gasteiger partial charge on any atom is 0.0541 e. The third kappa shape index (κ3) is 6.32. The first-order valence-electron chi connectivity index (χ1n) is 20.6. The van der Waals surface area contributed by atoms with Gasteiger partial charge in [-0.3, -0.25) is 0 Å². The Morgan fingerprint density at radius 2 is 0.733 bits per heavy atom. The van der Waals surface area contributed by atoms with E-state index in [-0.39, 0.29) is 0 Å². The van der Waals surface area contributed by atoms with Gasteiger partial charge in [0.1, 0.15) is 0 Å². The molecule has 0 aliphatic rings. The van der Waals surface area contributed by atoms with E-state index in [1.807, 2.05) is 0 Å². The van der Waals surface area contributed by atoms with Crippen LogP contribution in [-0.4, -0.2) is 4.57 Å². The highest BCUT2D eigenvalue weighted by Crippen LogP contribution is 2.45. The highest BCUT2D eigenvalue weighted by molar-refractivity contribution is 6.10. The summed E-state index contributed by atoms with van der Waals surface area (Å²) in [4.78, 5) is 2.41. The van der Waals surface area contributed by atoms with Gasteiger partial charge in [0.2, 0.25) is 0 Å². The Balaban J connectivity index is 1.13. The molecule has 10 aromatic carbocycles. The number of hydrogen-bond acceptors (Lipinski definition) is 1. The van der Waals surface area contributed by atoms with Crippen molar-refractivity contribution in [3.8, 4) is 50.2 Å². The summed E-state index contributed by atoms with van der Waals surface area (Å²) in [5.41, 5.74) is 16.2. The van der Waals surface area contributed by atoms with E-state index in [1.165, 1.54) is 60.4 Å². The second kappa shape index (κ2) is 15.1. The molecule has 0 spiro atoms. The fourth-order valence-corrected chi connectivity index (χ4v) is 8.88. The second-order valence-electron chi connectivity index (χ2n) is 15.3. The van der Waals surface area contributed by atoms with Crippen molar-refractivity contribution in [3.05, 3.63) is 243 Å². The molecule has 1 heterocycles. The lowest BCUT2D eigenvalue weighted by molar-refractivity contribution is 1.18.